The van der Waals surface area contributed by atoms with E-state index >= 15 is 0 Å². The Labute approximate surface area is 91.1 Å². The quantitative estimate of drug-likeness (QED) is 0.588. The molecule has 1 aliphatic carbocycles. The highest BCUT2D eigenvalue weighted by Gasteiger charge is 2.52. The largest absolute Gasteiger partial charge is 0.506 e. The van der Waals surface area contributed by atoms with Crippen LogP contribution in [0.3, 0.4) is 0 Å². The first-order valence-electron chi connectivity index (χ1n) is 5.73. The number of benzene rings is 1. The molecular weight excluding hydrogens is 186 g/mol. The molecule has 2 rings (SSSR count). The monoisotopic (exact) mass is 205 g/mol. The summed E-state index contributed by atoms with van der Waals surface area (Å²) in [5.41, 5.74) is 7.65. The lowest BCUT2D eigenvalue weighted by molar-refractivity contribution is 0.474. The SMILES string of the molecule is CCC1CC1(CC)c1ccc(N)c(O)c1. The second kappa shape index (κ2) is 3.44. The maximum absolute atomic E-state index is 9.62. The average molecular weight is 205 g/mol. The summed E-state index contributed by atoms with van der Waals surface area (Å²) in [6.07, 6.45) is 3.62. The van der Waals surface area contributed by atoms with Gasteiger partial charge >= 0.3 is 0 Å². The number of phenolic OH excluding ortho intramolecular Hbond substituents is 1. The number of rotatable bonds is 3. The van der Waals surface area contributed by atoms with Crippen LogP contribution in [0.1, 0.15) is 38.7 Å². The number of nitrogens with two attached hydrogens (primary N) is 1. The van der Waals surface area contributed by atoms with Gasteiger partial charge in [-0.2, -0.15) is 0 Å². The van der Waals surface area contributed by atoms with Crippen LogP contribution in [-0.4, -0.2) is 5.11 Å². The van der Waals surface area contributed by atoms with Crippen molar-refractivity contribution in [3.63, 3.8) is 0 Å². The van der Waals surface area contributed by atoms with Crippen molar-refractivity contribution in [3.05, 3.63) is 23.8 Å². The van der Waals surface area contributed by atoms with Gasteiger partial charge in [-0.05, 0) is 41.9 Å². The van der Waals surface area contributed by atoms with E-state index in [1.165, 1.54) is 18.4 Å². The topological polar surface area (TPSA) is 46.2 Å². The number of phenols is 1. The zero-order valence-electron chi connectivity index (χ0n) is 9.46. The summed E-state index contributed by atoms with van der Waals surface area (Å²) < 4.78 is 0. The molecule has 82 valence electrons. The lowest BCUT2D eigenvalue weighted by Crippen LogP contribution is -2.08. The van der Waals surface area contributed by atoms with E-state index < -0.39 is 0 Å². The first kappa shape index (κ1) is 10.3. The molecular formula is C13H19NO. The number of nitrogen functional groups attached to an aromatic ring is 1. The number of hydrogen-bond acceptors (Lipinski definition) is 2. The van der Waals surface area contributed by atoms with Crippen LogP contribution in [0.15, 0.2) is 18.2 Å². The molecule has 0 amide bonds. The molecule has 0 aromatic heterocycles. The number of hydrogen-bond donors (Lipinski definition) is 2. The van der Waals surface area contributed by atoms with Crippen molar-refractivity contribution in [2.75, 3.05) is 5.73 Å². The minimum Gasteiger partial charge on any atom is -0.506 e. The van der Waals surface area contributed by atoms with Crippen molar-refractivity contribution in [1.82, 2.24) is 0 Å². The summed E-state index contributed by atoms with van der Waals surface area (Å²) >= 11 is 0. The molecule has 0 heterocycles. The fourth-order valence-electron chi connectivity index (χ4n) is 2.76. The average Bonchev–Trinajstić information content (AvgIpc) is 2.97. The van der Waals surface area contributed by atoms with Gasteiger partial charge in [0.2, 0.25) is 0 Å². The van der Waals surface area contributed by atoms with Gasteiger partial charge < -0.3 is 10.8 Å². The molecule has 1 aliphatic rings. The molecule has 0 saturated heterocycles. The molecule has 1 aromatic rings. The molecule has 15 heavy (non-hydrogen) atoms. The van der Waals surface area contributed by atoms with Crippen LogP contribution in [0, 0.1) is 5.92 Å². The highest BCUT2D eigenvalue weighted by Crippen LogP contribution is 2.58. The molecule has 0 radical (unpaired) electrons. The van der Waals surface area contributed by atoms with Crippen LogP contribution in [0.2, 0.25) is 0 Å². The van der Waals surface area contributed by atoms with E-state index in [0.29, 0.717) is 11.1 Å². The van der Waals surface area contributed by atoms with E-state index in [1.54, 1.807) is 0 Å². The van der Waals surface area contributed by atoms with Gasteiger partial charge in [-0.15, -0.1) is 0 Å². The van der Waals surface area contributed by atoms with Crippen molar-refractivity contribution >= 4 is 5.69 Å². The van der Waals surface area contributed by atoms with Gasteiger partial charge in [0.15, 0.2) is 0 Å². The van der Waals surface area contributed by atoms with Crippen molar-refractivity contribution in [2.24, 2.45) is 5.92 Å². The molecule has 1 fully saturated rings. The highest BCUT2D eigenvalue weighted by molar-refractivity contribution is 5.55. The predicted molar refractivity (Wildman–Crippen MR) is 62.9 cm³/mol. The lowest BCUT2D eigenvalue weighted by atomic mass is 9.89. The van der Waals surface area contributed by atoms with E-state index in [4.69, 9.17) is 5.73 Å². The summed E-state index contributed by atoms with van der Waals surface area (Å²) in [5, 5.41) is 9.62. The van der Waals surface area contributed by atoms with Crippen molar-refractivity contribution in [2.45, 2.75) is 38.5 Å². The van der Waals surface area contributed by atoms with Crippen molar-refractivity contribution in [3.8, 4) is 5.75 Å². The normalized spacial score (nSPS) is 29.1. The fourth-order valence-corrected chi connectivity index (χ4v) is 2.76. The maximum atomic E-state index is 9.62. The zero-order chi connectivity index (χ0) is 11.1. The second-order valence-corrected chi connectivity index (χ2v) is 4.59. The van der Waals surface area contributed by atoms with Gasteiger partial charge in [0.25, 0.3) is 0 Å². The fraction of sp³-hybridized carbons (Fsp3) is 0.538. The Morgan fingerprint density at radius 3 is 2.67 bits per heavy atom. The Morgan fingerprint density at radius 2 is 2.20 bits per heavy atom. The van der Waals surface area contributed by atoms with E-state index in [9.17, 15) is 5.11 Å². The zero-order valence-corrected chi connectivity index (χ0v) is 9.46. The molecule has 0 aliphatic heterocycles. The first-order valence-corrected chi connectivity index (χ1v) is 5.73. The molecule has 2 unspecified atom stereocenters. The van der Waals surface area contributed by atoms with E-state index in [2.05, 4.69) is 19.9 Å². The van der Waals surface area contributed by atoms with Gasteiger partial charge in [-0.25, -0.2) is 0 Å². The predicted octanol–water partition coefficient (Wildman–Crippen LogP) is 3.05. The Hall–Kier alpha value is -1.18. The summed E-state index contributed by atoms with van der Waals surface area (Å²) in [6.45, 7) is 4.46. The molecule has 0 bridgehead atoms. The minimum absolute atomic E-state index is 0.224. The molecule has 2 atom stereocenters. The van der Waals surface area contributed by atoms with Crippen LogP contribution in [0.4, 0.5) is 5.69 Å². The van der Waals surface area contributed by atoms with Gasteiger partial charge in [0, 0.05) is 0 Å². The third-order valence-electron chi connectivity index (χ3n) is 3.96. The Bertz CT molecular complexity index is 375. The van der Waals surface area contributed by atoms with Crippen LogP contribution in [0.25, 0.3) is 0 Å². The third kappa shape index (κ3) is 1.48. The van der Waals surface area contributed by atoms with E-state index in [1.807, 2.05) is 12.1 Å². The van der Waals surface area contributed by atoms with Gasteiger partial charge in [-0.1, -0.05) is 26.3 Å². The molecule has 2 heteroatoms. The lowest BCUT2D eigenvalue weighted by Gasteiger charge is -2.16. The molecule has 0 spiro atoms. The van der Waals surface area contributed by atoms with E-state index in [-0.39, 0.29) is 5.75 Å². The highest BCUT2D eigenvalue weighted by atomic mass is 16.3. The van der Waals surface area contributed by atoms with Gasteiger partial charge in [0.05, 0.1) is 5.69 Å². The van der Waals surface area contributed by atoms with Gasteiger partial charge in [-0.3, -0.25) is 0 Å². The second-order valence-electron chi connectivity index (χ2n) is 4.59. The number of aromatic hydroxyl groups is 1. The van der Waals surface area contributed by atoms with Crippen LogP contribution >= 0.6 is 0 Å². The minimum atomic E-state index is 0.224. The summed E-state index contributed by atoms with van der Waals surface area (Å²) in [4.78, 5) is 0. The van der Waals surface area contributed by atoms with Crippen molar-refractivity contribution in [1.29, 1.82) is 0 Å². The molecule has 1 saturated carbocycles. The van der Waals surface area contributed by atoms with E-state index in [0.717, 1.165) is 12.3 Å². The number of anilines is 1. The van der Waals surface area contributed by atoms with Crippen LogP contribution < -0.4 is 5.73 Å². The van der Waals surface area contributed by atoms with Crippen LogP contribution in [-0.2, 0) is 5.41 Å². The molecule has 1 aromatic carbocycles. The molecule has 2 nitrogen and oxygen atoms in total. The van der Waals surface area contributed by atoms with Gasteiger partial charge in [0.1, 0.15) is 5.75 Å². The van der Waals surface area contributed by atoms with Crippen molar-refractivity contribution < 1.29 is 5.11 Å². The Morgan fingerprint density at radius 1 is 1.47 bits per heavy atom. The summed E-state index contributed by atoms with van der Waals surface area (Å²) in [5.74, 6) is 1.01. The van der Waals surface area contributed by atoms with Crippen LogP contribution in [0.5, 0.6) is 5.75 Å². The first-order chi connectivity index (χ1) is 7.14. The summed E-state index contributed by atoms with van der Waals surface area (Å²) in [6, 6.07) is 5.72. The molecule has 3 N–H and O–H groups in total. The summed E-state index contributed by atoms with van der Waals surface area (Å²) in [7, 11) is 0. The third-order valence-corrected chi connectivity index (χ3v) is 3.96. The Balaban J connectivity index is 2.33. The standard InChI is InChI=1S/C13H19NO/c1-3-9-8-13(9,4-2)10-5-6-11(14)12(15)7-10/h5-7,9,15H,3-4,8,14H2,1-2H3. The smallest absolute Gasteiger partial charge is 0.138 e. The maximum Gasteiger partial charge on any atom is 0.138 e. The Kier molecular flexibility index (Phi) is 2.37.